The monoisotopic (exact) mass is 316 g/mol. The summed E-state index contributed by atoms with van der Waals surface area (Å²) in [4.78, 5) is 17.0. The second kappa shape index (κ2) is 6.17. The molecule has 4 rings (SSSR count). The molecule has 1 aromatic rings. The molecule has 0 radical (unpaired) electrons. The standard InChI is InChI=1S/C17H24N4O2/c22-16(14-3-6-18-19-12-14)21-9-4-17(5-10-21)11-15(13-23-17)20-7-1-2-8-20/h3,6,12,15H,1-2,4-5,7-11,13H2. The Morgan fingerprint density at radius 1 is 1.17 bits per heavy atom. The Bertz CT molecular complexity index is 551. The molecule has 3 saturated heterocycles. The number of ether oxygens (including phenoxy) is 1. The van der Waals surface area contributed by atoms with Crippen molar-refractivity contribution >= 4 is 5.91 Å². The summed E-state index contributed by atoms with van der Waals surface area (Å²) in [6.45, 7) is 4.86. The Hall–Kier alpha value is -1.53. The average Bonchev–Trinajstić information content (AvgIpc) is 3.26. The van der Waals surface area contributed by atoms with E-state index in [1.807, 2.05) is 4.90 Å². The fourth-order valence-corrected chi connectivity index (χ4v) is 4.23. The van der Waals surface area contributed by atoms with Crippen molar-refractivity contribution in [3.05, 3.63) is 24.0 Å². The fraction of sp³-hybridized carbons (Fsp3) is 0.706. The van der Waals surface area contributed by atoms with E-state index in [0.29, 0.717) is 11.6 Å². The van der Waals surface area contributed by atoms with Crippen LogP contribution >= 0.6 is 0 Å². The number of rotatable bonds is 2. The molecule has 1 atom stereocenters. The van der Waals surface area contributed by atoms with Gasteiger partial charge in [-0.25, -0.2) is 0 Å². The van der Waals surface area contributed by atoms with Crippen molar-refractivity contribution in [3.8, 4) is 0 Å². The number of aromatic nitrogens is 2. The summed E-state index contributed by atoms with van der Waals surface area (Å²) >= 11 is 0. The van der Waals surface area contributed by atoms with Crippen molar-refractivity contribution in [2.75, 3.05) is 32.8 Å². The minimum absolute atomic E-state index is 0.000526. The Morgan fingerprint density at radius 3 is 2.65 bits per heavy atom. The van der Waals surface area contributed by atoms with Crippen LogP contribution in [-0.4, -0.2) is 70.3 Å². The first-order valence-corrected chi connectivity index (χ1v) is 8.70. The van der Waals surface area contributed by atoms with Crippen molar-refractivity contribution in [1.82, 2.24) is 20.0 Å². The number of carbonyl (C=O) groups is 1. The highest BCUT2D eigenvalue weighted by molar-refractivity contribution is 5.93. The summed E-state index contributed by atoms with van der Waals surface area (Å²) in [5.74, 6) is 0.0591. The lowest BCUT2D eigenvalue weighted by atomic mass is 9.87. The van der Waals surface area contributed by atoms with Crippen molar-refractivity contribution in [2.45, 2.75) is 43.7 Å². The van der Waals surface area contributed by atoms with Gasteiger partial charge in [0.25, 0.3) is 5.91 Å². The second-order valence-corrected chi connectivity index (χ2v) is 7.02. The number of carbonyl (C=O) groups excluding carboxylic acids is 1. The van der Waals surface area contributed by atoms with Gasteiger partial charge in [-0.1, -0.05) is 0 Å². The van der Waals surface area contributed by atoms with Crippen molar-refractivity contribution < 1.29 is 9.53 Å². The molecule has 4 heterocycles. The predicted molar refractivity (Wildman–Crippen MR) is 85.1 cm³/mol. The maximum absolute atomic E-state index is 12.5. The lowest BCUT2D eigenvalue weighted by Crippen LogP contribution is -2.47. The summed E-state index contributed by atoms with van der Waals surface area (Å²) in [6.07, 6.45) is 8.79. The lowest BCUT2D eigenvalue weighted by Gasteiger charge is -2.39. The van der Waals surface area contributed by atoms with Crippen LogP contribution in [0.15, 0.2) is 18.5 Å². The van der Waals surface area contributed by atoms with Gasteiger partial charge in [-0.05, 0) is 51.3 Å². The third kappa shape index (κ3) is 2.97. The molecule has 3 aliphatic rings. The van der Waals surface area contributed by atoms with E-state index < -0.39 is 0 Å². The van der Waals surface area contributed by atoms with Gasteiger partial charge in [-0.15, -0.1) is 0 Å². The zero-order chi connectivity index (χ0) is 15.7. The van der Waals surface area contributed by atoms with Crippen LogP contribution in [0.2, 0.25) is 0 Å². The molecule has 124 valence electrons. The quantitative estimate of drug-likeness (QED) is 0.824. The van der Waals surface area contributed by atoms with Crippen LogP contribution < -0.4 is 0 Å². The highest BCUT2D eigenvalue weighted by atomic mass is 16.5. The Balaban J connectivity index is 1.35. The zero-order valence-corrected chi connectivity index (χ0v) is 13.5. The molecule has 1 aromatic heterocycles. The molecule has 1 spiro atoms. The third-order valence-electron chi connectivity index (χ3n) is 5.64. The lowest BCUT2D eigenvalue weighted by molar-refractivity contribution is -0.0393. The van der Waals surface area contributed by atoms with Gasteiger partial charge in [0, 0.05) is 19.1 Å². The average molecular weight is 316 g/mol. The smallest absolute Gasteiger partial charge is 0.255 e. The van der Waals surface area contributed by atoms with Crippen LogP contribution in [0.5, 0.6) is 0 Å². The van der Waals surface area contributed by atoms with Gasteiger partial charge >= 0.3 is 0 Å². The number of hydrogen-bond donors (Lipinski definition) is 0. The van der Waals surface area contributed by atoms with Gasteiger partial charge < -0.3 is 9.64 Å². The highest BCUT2D eigenvalue weighted by Crippen LogP contribution is 2.38. The van der Waals surface area contributed by atoms with E-state index >= 15 is 0 Å². The van der Waals surface area contributed by atoms with E-state index in [4.69, 9.17) is 4.74 Å². The van der Waals surface area contributed by atoms with Gasteiger partial charge in [0.15, 0.2) is 0 Å². The SMILES string of the molecule is O=C(c1ccnnc1)N1CCC2(CC1)CC(N1CCCC1)CO2. The molecule has 0 bridgehead atoms. The van der Waals surface area contributed by atoms with Gasteiger partial charge in [0.2, 0.25) is 0 Å². The number of hydrogen-bond acceptors (Lipinski definition) is 5. The molecule has 0 aromatic carbocycles. The minimum atomic E-state index is 0.000526. The molecule has 3 fully saturated rings. The van der Waals surface area contributed by atoms with E-state index in [1.165, 1.54) is 25.9 Å². The number of nitrogens with zero attached hydrogens (tertiary/aromatic N) is 4. The molecule has 23 heavy (non-hydrogen) atoms. The number of amides is 1. The second-order valence-electron chi connectivity index (χ2n) is 7.02. The molecule has 1 unspecified atom stereocenters. The summed E-state index contributed by atoms with van der Waals surface area (Å²) in [5, 5.41) is 7.53. The molecule has 1 amide bonds. The first kappa shape index (κ1) is 15.0. The third-order valence-corrected chi connectivity index (χ3v) is 5.64. The van der Waals surface area contributed by atoms with Crippen LogP contribution in [0.1, 0.15) is 42.5 Å². The summed E-state index contributed by atoms with van der Waals surface area (Å²) in [6, 6.07) is 2.32. The minimum Gasteiger partial charge on any atom is -0.373 e. The van der Waals surface area contributed by atoms with Crippen molar-refractivity contribution in [2.24, 2.45) is 0 Å². The Labute approximate surface area is 136 Å². The summed E-state index contributed by atoms with van der Waals surface area (Å²) in [7, 11) is 0. The molecule has 0 N–H and O–H groups in total. The maximum Gasteiger partial charge on any atom is 0.255 e. The maximum atomic E-state index is 12.5. The van der Waals surface area contributed by atoms with Crippen molar-refractivity contribution in [1.29, 1.82) is 0 Å². The Morgan fingerprint density at radius 2 is 1.96 bits per heavy atom. The van der Waals surface area contributed by atoms with Gasteiger partial charge in [0.05, 0.1) is 30.2 Å². The van der Waals surface area contributed by atoms with Gasteiger partial charge in [-0.2, -0.15) is 10.2 Å². The van der Waals surface area contributed by atoms with Gasteiger partial charge in [-0.3, -0.25) is 9.69 Å². The van der Waals surface area contributed by atoms with Gasteiger partial charge in [0.1, 0.15) is 0 Å². The number of likely N-dealkylation sites (tertiary alicyclic amines) is 2. The van der Waals surface area contributed by atoms with Crippen LogP contribution in [-0.2, 0) is 4.74 Å². The first-order chi connectivity index (χ1) is 11.3. The van der Waals surface area contributed by atoms with E-state index in [9.17, 15) is 4.79 Å². The topological polar surface area (TPSA) is 58.6 Å². The molecular formula is C17H24N4O2. The summed E-state index contributed by atoms with van der Waals surface area (Å²) < 4.78 is 6.24. The molecule has 0 aliphatic carbocycles. The van der Waals surface area contributed by atoms with E-state index in [2.05, 4.69) is 15.1 Å². The van der Waals surface area contributed by atoms with Crippen LogP contribution in [0.4, 0.5) is 0 Å². The molecule has 0 saturated carbocycles. The molecule has 6 nitrogen and oxygen atoms in total. The Kier molecular flexibility index (Phi) is 4.03. The summed E-state index contributed by atoms with van der Waals surface area (Å²) in [5.41, 5.74) is 0.624. The van der Waals surface area contributed by atoms with Crippen LogP contribution in [0, 0.1) is 0 Å². The van der Waals surface area contributed by atoms with Crippen LogP contribution in [0.25, 0.3) is 0 Å². The predicted octanol–water partition coefficient (Wildman–Crippen LogP) is 1.34. The fourth-order valence-electron chi connectivity index (χ4n) is 4.23. The normalized spacial score (nSPS) is 27.7. The first-order valence-electron chi connectivity index (χ1n) is 8.70. The largest absolute Gasteiger partial charge is 0.373 e. The number of piperidine rings is 1. The molecule has 6 heteroatoms. The van der Waals surface area contributed by atoms with E-state index in [0.717, 1.165) is 39.0 Å². The van der Waals surface area contributed by atoms with E-state index in [1.54, 1.807) is 18.5 Å². The van der Waals surface area contributed by atoms with Crippen molar-refractivity contribution in [3.63, 3.8) is 0 Å². The van der Waals surface area contributed by atoms with Crippen LogP contribution in [0.3, 0.4) is 0 Å². The molecule has 3 aliphatic heterocycles. The molecular weight excluding hydrogens is 292 g/mol. The van der Waals surface area contributed by atoms with E-state index in [-0.39, 0.29) is 11.5 Å². The highest BCUT2D eigenvalue weighted by Gasteiger charge is 2.45. The zero-order valence-electron chi connectivity index (χ0n) is 13.5.